The van der Waals surface area contributed by atoms with E-state index in [2.05, 4.69) is 20.6 Å². The van der Waals surface area contributed by atoms with E-state index in [9.17, 15) is 0 Å². The predicted molar refractivity (Wildman–Crippen MR) is 105 cm³/mol. The van der Waals surface area contributed by atoms with Crippen molar-refractivity contribution in [3.63, 3.8) is 0 Å². The van der Waals surface area contributed by atoms with Crippen LogP contribution in [0.5, 0.6) is 11.5 Å². The van der Waals surface area contributed by atoms with Gasteiger partial charge in [0.2, 0.25) is 6.79 Å². The molecule has 2 heterocycles. The molecular formula is C19H18ClN5O2. The molecule has 0 aliphatic carbocycles. The van der Waals surface area contributed by atoms with Crippen LogP contribution in [0.1, 0.15) is 11.1 Å². The molecule has 0 radical (unpaired) electrons. The lowest BCUT2D eigenvalue weighted by Gasteiger charge is -2.13. The van der Waals surface area contributed by atoms with E-state index >= 15 is 0 Å². The van der Waals surface area contributed by atoms with Gasteiger partial charge in [-0.25, -0.2) is 9.97 Å². The third kappa shape index (κ3) is 3.83. The van der Waals surface area contributed by atoms with Gasteiger partial charge in [-0.1, -0.05) is 35.9 Å². The fourth-order valence-electron chi connectivity index (χ4n) is 2.73. The maximum absolute atomic E-state index is 6.21. The Hall–Kier alpha value is -3.19. The first-order chi connectivity index (χ1) is 13.2. The van der Waals surface area contributed by atoms with Crippen LogP contribution < -0.4 is 25.8 Å². The van der Waals surface area contributed by atoms with Gasteiger partial charge in [0.05, 0.1) is 0 Å². The number of hydrogen-bond donors (Lipinski definition) is 3. The monoisotopic (exact) mass is 383 g/mol. The summed E-state index contributed by atoms with van der Waals surface area (Å²) < 4.78 is 10.7. The molecule has 0 spiro atoms. The van der Waals surface area contributed by atoms with Gasteiger partial charge in [-0.3, -0.25) is 0 Å². The minimum atomic E-state index is 0.255. The number of nitrogens with two attached hydrogens (primary N) is 1. The van der Waals surface area contributed by atoms with Gasteiger partial charge in [-0.15, -0.1) is 0 Å². The SMILES string of the molecule is Nc1c(NCc2ccc3c(c2)OCO3)ncnc1NCc1ccccc1Cl. The molecular weight excluding hydrogens is 366 g/mol. The van der Waals surface area contributed by atoms with Crippen LogP contribution in [0.15, 0.2) is 48.8 Å². The lowest BCUT2D eigenvalue weighted by molar-refractivity contribution is 0.174. The average molecular weight is 384 g/mol. The van der Waals surface area contributed by atoms with Gasteiger partial charge in [0, 0.05) is 18.1 Å². The van der Waals surface area contributed by atoms with Crippen LogP contribution in [0, 0.1) is 0 Å². The van der Waals surface area contributed by atoms with Crippen molar-refractivity contribution in [1.82, 2.24) is 9.97 Å². The Morgan fingerprint density at radius 1 is 0.963 bits per heavy atom. The Bertz CT molecular complexity index is 967. The van der Waals surface area contributed by atoms with Crippen molar-refractivity contribution in [3.05, 3.63) is 64.9 Å². The molecule has 1 aliphatic rings. The van der Waals surface area contributed by atoms with E-state index in [1.54, 1.807) is 0 Å². The Balaban J connectivity index is 1.43. The van der Waals surface area contributed by atoms with Gasteiger partial charge in [0.1, 0.15) is 12.0 Å². The third-order valence-electron chi connectivity index (χ3n) is 4.18. The molecule has 1 aliphatic heterocycles. The van der Waals surface area contributed by atoms with Crippen molar-refractivity contribution in [1.29, 1.82) is 0 Å². The number of fused-ring (bicyclic) bond motifs is 1. The largest absolute Gasteiger partial charge is 0.454 e. The minimum Gasteiger partial charge on any atom is -0.454 e. The van der Waals surface area contributed by atoms with E-state index in [1.807, 2.05) is 42.5 Å². The molecule has 0 fully saturated rings. The van der Waals surface area contributed by atoms with Crippen LogP contribution in [-0.2, 0) is 13.1 Å². The molecule has 8 heteroatoms. The van der Waals surface area contributed by atoms with Gasteiger partial charge in [-0.2, -0.15) is 0 Å². The molecule has 4 rings (SSSR count). The van der Waals surface area contributed by atoms with Crippen LogP contribution in [0.3, 0.4) is 0 Å². The summed E-state index contributed by atoms with van der Waals surface area (Å²) in [4.78, 5) is 8.45. The van der Waals surface area contributed by atoms with Crippen molar-refractivity contribution >= 4 is 28.9 Å². The van der Waals surface area contributed by atoms with Crippen molar-refractivity contribution in [2.24, 2.45) is 0 Å². The molecule has 27 heavy (non-hydrogen) atoms. The maximum Gasteiger partial charge on any atom is 0.231 e. The smallest absolute Gasteiger partial charge is 0.231 e. The highest BCUT2D eigenvalue weighted by Crippen LogP contribution is 2.33. The summed E-state index contributed by atoms with van der Waals surface area (Å²) in [7, 11) is 0. The molecule has 1 aromatic heterocycles. The van der Waals surface area contributed by atoms with E-state index in [0.29, 0.717) is 35.4 Å². The Kier molecular flexibility index (Phi) is 4.84. The van der Waals surface area contributed by atoms with Crippen LogP contribution in [0.25, 0.3) is 0 Å². The molecule has 0 saturated carbocycles. The van der Waals surface area contributed by atoms with Crippen molar-refractivity contribution < 1.29 is 9.47 Å². The Labute approximate surface area is 161 Å². The predicted octanol–water partition coefficient (Wildman–Crippen LogP) is 3.67. The number of ether oxygens (including phenoxy) is 2. The highest BCUT2D eigenvalue weighted by atomic mass is 35.5. The number of nitrogens with one attached hydrogen (secondary N) is 2. The Morgan fingerprint density at radius 2 is 1.70 bits per heavy atom. The molecule has 2 aromatic carbocycles. The standard InChI is InChI=1S/C19H18ClN5O2/c20-14-4-2-1-3-13(14)9-23-19-17(21)18(24-10-25-19)22-8-12-5-6-15-16(7-12)27-11-26-15/h1-7,10H,8-9,11,21H2,(H2,22,23,24,25). The molecule has 0 saturated heterocycles. The fraction of sp³-hybridized carbons (Fsp3) is 0.158. The van der Waals surface area contributed by atoms with E-state index in [0.717, 1.165) is 22.6 Å². The minimum absolute atomic E-state index is 0.255. The van der Waals surface area contributed by atoms with Crippen LogP contribution in [-0.4, -0.2) is 16.8 Å². The summed E-state index contributed by atoms with van der Waals surface area (Å²) in [5.74, 6) is 2.61. The van der Waals surface area contributed by atoms with Crippen LogP contribution >= 0.6 is 11.6 Å². The topological polar surface area (TPSA) is 94.3 Å². The molecule has 4 N–H and O–H groups in total. The molecule has 0 amide bonds. The number of halogens is 1. The molecule has 7 nitrogen and oxygen atoms in total. The molecule has 138 valence electrons. The van der Waals surface area contributed by atoms with E-state index in [4.69, 9.17) is 26.8 Å². The lowest BCUT2D eigenvalue weighted by Crippen LogP contribution is -2.10. The number of anilines is 3. The Morgan fingerprint density at radius 3 is 2.52 bits per heavy atom. The second kappa shape index (κ2) is 7.59. The summed E-state index contributed by atoms with van der Waals surface area (Å²) in [5, 5.41) is 7.13. The zero-order valence-corrected chi connectivity index (χ0v) is 15.2. The van der Waals surface area contributed by atoms with E-state index < -0.39 is 0 Å². The second-order valence-corrected chi connectivity index (χ2v) is 6.38. The van der Waals surface area contributed by atoms with Crippen LogP contribution in [0.4, 0.5) is 17.3 Å². The number of benzene rings is 2. The summed E-state index contributed by atoms with van der Waals surface area (Å²) in [6, 6.07) is 13.4. The summed E-state index contributed by atoms with van der Waals surface area (Å²) in [6.07, 6.45) is 1.47. The van der Waals surface area contributed by atoms with Gasteiger partial charge in [0.15, 0.2) is 23.1 Å². The summed E-state index contributed by atoms with van der Waals surface area (Å²) in [6.45, 7) is 1.32. The maximum atomic E-state index is 6.21. The number of nitrogen functional groups attached to an aromatic ring is 1. The lowest BCUT2D eigenvalue weighted by atomic mass is 10.2. The zero-order chi connectivity index (χ0) is 18.6. The number of rotatable bonds is 6. The normalized spacial score (nSPS) is 12.0. The molecule has 3 aromatic rings. The molecule has 0 unspecified atom stereocenters. The zero-order valence-electron chi connectivity index (χ0n) is 14.4. The summed E-state index contributed by atoms with van der Waals surface area (Å²) >= 11 is 6.18. The second-order valence-electron chi connectivity index (χ2n) is 5.97. The first-order valence-corrected chi connectivity index (χ1v) is 8.78. The molecule has 0 atom stereocenters. The number of nitrogens with zero attached hydrogens (tertiary/aromatic N) is 2. The van der Waals surface area contributed by atoms with Gasteiger partial charge >= 0.3 is 0 Å². The van der Waals surface area contributed by atoms with Crippen molar-refractivity contribution in [3.8, 4) is 11.5 Å². The highest BCUT2D eigenvalue weighted by molar-refractivity contribution is 6.31. The summed E-state index contributed by atoms with van der Waals surface area (Å²) in [5.41, 5.74) is 8.66. The number of aromatic nitrogens is 2. The van der Waals surface area contributed by atoms with E-state index in [-0.39, 0.29) is 6.79 Å². The van der Waals surface area contributed by atoms with Crippen molar-refractivity contribution in [2.45, 2.75) is 13.1 Å². The third-order valence-corrected chi connectivity index (χ3v) is 4.55. The highest BCUT2D eigenvalue weighted by Gasteiger charge is 2.14. The first-order valence-electron chi connectivity index (χ1n) is 8.41. The quantitative estimate of drug-likeness (QED) is 0.597. The fourth-order valence-corrected chi connectivity index (χ4v) is 2.94. The molecule has 0 bridgehead atoms. The van der Waals surface area contributed by atoms with E-state index in [1.165, 1.54) is 6.33 Å². The average Bonchev–Trinajstić information content (AvgIpc) is 3.15. The van der Waals surface area contributed by atoms with Gasteiger partial charge < -0.3 is 25.8 Å². The van der Waals surface area contributed by atoms with Crippen LogP contribution in [0.2, 0.25) is 5.02 Å². The van der Waals surface area contributed by atoms with Gasteiger partial charge in [0.25, 0.3) is 0 Å². The van der Waals surface area contributed by atoms with Gasteiger partial charge in [-0.05, 0) is 29.3 Å². The number of hydrogen-bond acceptors (Lipinski definition) is 7. The van der Waals surface area contributed by atoms with Crippen molar-refractivity contribution in [2.75, 3.05) is 23.2 Å². The first kappa shape index (κ1) is 17.2.